The van der Waals surface area contributed by atoms with Gasteiger partial charge in [-0.25, -0.2) is 4.98 Å². The van der Waals surface area contributed by atoms with E-state index in [1.165, 1.54) is 4.40 Å². The van der Waals surface area contributed by atoms with Gasteiger partial charge in [0.25, 0.3) is 5.56 Å². The van der Waals surface area contributed by atoms with Gasteiger partial charge in [-0.3, -0.25) is 14.1 Å². The van der Waals surface area contributed by atoms with Crippen LogP contribution in [0.1, 0.15) is 25.5 Å². The van der Waals surface area contributed by atoms with Crippen LogP contribution in [0.15, 0.2) is 33.7 Å². The summed E-state index contributed by atoms with van der Waals surface area (Å²) in [4.78, 5) is 18.8. The Morgan fingerprint density at radius 2 is 2.19 bits per heavy atom. The lowest BCUT2D eigenvalue weighted by Gasteiger charge is -2.20. The van der Waals surface area contributed by atoms with Crippen molar-refractivity contribution in [3.63, 3.8) is 0 Å². The first-order chi connectivity index (χ1) is 10.1. The largest absolute Gasteiger partial charge is 0.395 e. The lowest BCUT2D eigenvalue weighted by atomic mass is 10.3. The first-order valence-electron chi connectivity index (χ1n) is 7.15. The van der Waals surface area contributed by atoms with Gasteiger partial charge >= 0.3 is 0 Å². The van der Waals surface area contributed by atoms with Gasteiger partial charge in [-0.1, -0.05) is 13.3 Å². The van der Waals surface area contributed by atoms with E-state index in [9.17, 15) is 4.79 Å². The van der Waals surface area contributed by atoms with E-state index in [0.717, 1.165) is 29.6 Å². The van der Waals surface area contributed by atoms with Crippen molar-refractivity contribution in [1.82, 2.24) is 14.3 Å². The smallest absolute Gasteiger partial charge is 0.258 e. The standard InChI is InChI=1S/C15H20BrN3O2/c1-2-3-6-18(7-8-20)11-13-9-15(21)19-10-12(16)4-5-14(19)17-13/h4-5,9-10,20H,2-3,6-8,11H2,1H3. The van der Waals surface area contributed by atoms with Crippen molar-refractivity contribution in [3.8, 4) is 0 Å². The van der Waals surface area contributed by atoms with Gasteiger partial charge in [0.2, 0.25) is 0 Å². The van der Waals surface area contributed by atoms with Crippen molar-refractivity contribution in [2.75, 3.05) is 19.7 Å². The SMILES string of the molecule is CCCCN(CCO)Cc1cc(=O)n2cc(Br)ccc2n1. The molecule has 5 nitrogen and oxygen atoms in total. The van der Waals surface area contributed by atoms with E-state index in [-0.39, 0.29) is 12.2 Å². The van der Waals surface area contributed by atoms with Crippen LogP contribution in [-0.4, -0.2) is 39.1 Å². The average molecular weight is 354 g/mol. The lowest BCUT2D eigenvalue weighted by molar-refractivity contribution is 0.187. The van der Waals surface area contributed by atoms with Crippen LogP contribution in [0, 0.1) is 0 Å². The van der Waals surface area contributed by atoms with E-state index in [1.54, 1.807) is 12.3 Å². The van der Waals surface area contributed by atoms with Crippen LogP contribution in [0.4, 0.5) is 0 Å². The van der Waals surface area contributed by atoms with Crippen LogP contribution in [0.5, 0.6) is 0 Å². The number of hydrogen-bond donors (Lipinski definition) is 1. The second-order valence-electron chi connectivity index (χ2n) is 5.01. The maximum atomic E-state index is 12.1. The summed E-state index contributed by atoms with van der Waals surface area (Å²) in [5.74, 6) is 0. The fraction of sp³-hybridized carbons (Fsp3) is 0.467. The Labute approximate surface area is 132 Å². The molecule has 114 valence electrons. The zero-order chi connectivity index (χ0) is 15.2. The minimum absolute atomic E-state index is 0.0873. The molecule has 0 saturated heterocycles. The van der Waals surface area contributed by atoms with Gasteiger partial charge < -0.3 is 5.11 Å². The van der Waals surface area contributed by atoms with Crippen LogP contribution in [-0.2, 0) is 6.54 Å². The highest BCUT2D eigenvalue weighted by molar-refractivity contribution is 9.10. The van der Waals surface area contributed by atoms with E-state index < -0.39 is 0 Å². The number of aliphatic hydroxyl groups is 1. The molecule has 0 spiro atoms. The van der Waals surface area contributed by atoms with Crippen LogP contribution in [0.3, 0.4) is 0 Å². The van der Waals surface area contributed by atoms with Crippen LogP contribution >= 0.6 is 15.9 Å². The van der Waals surface area contributed by atoms with Gasteiger partial charge in [0.05, 0.1) is 12.3 Å². The van der Waals surface area contributed by atoms with E-state index >= 15 is 0 Å². The predicted molar refractivity (Wildman–Crippen MR) is 86.4 cm³/mol. The van der Waals surface area contributed by atoms with Crippen molar-refractivity contribution in [2.24, 2.45) is 0 Å². The van der Waals surface area contributed by atoms with Crippen molar-refractivity contribution >= 4 is 21.6 Å². The van der Waals surface area contributed by atoms with Gasteiger partial charge in [-0.05, 0) is 41.0 Å². The fourth-order valence-corrected chi connectivity index (χ4v) is 2.57. The third-order valence-electron chi connectivity index (χ3n) is 3.31. The quantitative estimate of drug-likeness (QED) is 0.827. The summed E-state index contributed by atoms with van der Waals surface area (Å²) >= 11 is 3.35. The first-order valence-corrected chi connectivity index (χ1v) is 7.94. The van der Waals surface area contributed by atoms with Gasteiger partial charge in [-0.2, -0.15) is 0 Å². The Morgan fingerprint density at radius 3 is 2.90 bits per heavy atom. The van der Waals surface area contributed by atoms with E-state index in [0.29, 0.717) is 18.7 Å². The summed E-state index contributed by atoms with van der Waals surface area (Å²) in [6.07, 6.45) is 3.89. The summed E-state index contributed by atoms with van der Waals surface area (Å²) in [6.45, 7) is 4.33. The summed E-state index contributed by atoms with van der Waals surface area (Å²) in [7, 11) is 0. The maximum Gasteiger partial charge on any atom is 0.258 e. The molecule has 2 rings (SSSR count). The molecule has 0 aliphatic heterocycles. The monoisotopic (exact) mass is 353 g/mol. The highest BCUT2D eigenvalue weighted by Gasteiger charge is 2.08. The Bertz CT molecular complexity index is 657. The molecule has 0 radical (unpaired) electrons. The molecule has 2 aromatic rings. The molecule has 2 aromatic heterocycles. The van der Waals surface area contributed by atoms with Crippen LogP contribution < -0.4 is 5.56 Å². The molecule has 21 heavy (non-hydrogen) atoms. The molecule has 0 amide bonds. The van der Waals surface area contributed by atoms with Crippen LogP contribution in [0.2, 0.25) is 0 Å². The van der Waals surface area contributed by atoms with Crippen molar-refractivity contribution in [1.29, 1.82) is 0 Å². The first kappa shape index (κ1) is 16.1. The number of hydrogen-bond acceptors (Lipinski definition) is 4. The Balaban J connectivity index is 2.25. The predicted octanol–water partition coefficient (Wildman–Crippen LogP) is 2.05. The Kier molecular flexibility index (Phi) is 5.90. The second kappa shape index (κ2) is 7.68. The fourth-order valence-electron chi connectivity index (χ4n) is 2.23. The molecule has 0 aromatic carbocycles. The van der Waals surface area contributed by atoms with Gasteiger partial charge in [0.15, 0.2) is 0 Å². The van der Waals surface area contributed by atoms with Gasteiger partial charge in [0.1, 0.15) is 5.65 Å². The minimum atomic E-state index is -0.0873. The topological polar surface area (TPSA) is 57.8 Å². The molecule has 0 saturated carbocycles. The van der Waals surface area contributed by atoms with Crippen molar-refractivity contribution in [3.05, 3.63) is 44.9 Å². The summed E-state index contributed by atoms with van der Waals surface area (Å²) < 4.78 is 2.37. The third-order valence-corrected chi connectivity index (χ3v) is 3.78. The second-order valence-corrected chi connectivity index (χ2v) is 5.93. The molecule has 0 fully saturated rings. The molecular weight excluding hydrogens is 334 g/mol. The summed E-state index contributed by atoms with van der Waals surface area (Å²) in [6, 6.07) is 5.25. The zero-order valence-electron chi connectivity index (χ0n) is 12.1. The van der Waals surface area contributed by atoms with Crippen LogP contribution in [0.25, 0.3) is 5.65 Å². The number of aromatic nitrogens is 2. The lowest BCUT2D eigenvalue weighted by Crippen LogP contribution is -2.29. The number of aliphatic hydroxyl groups excluding tert-OH is 1. The molecule has 0 aliphatic rings. The number of unbranched alkanes of at least 4 members (excludes halogenated alkanes) is 1. The molecule has 0 atom stereocenters. The molecule has 0 unspecified atom stereocenters. The molecule has 2 heterocycles. The van der Waals surface area contributed by atoms with E-state index in [1.807, 2.05) is 12.1 Å². The molecule has 1 N–H and O–H groups in total. The van der Waals surface area contributed by atoms with Gasteiger partial charge in [-0.15, -0.1) is 0 Å². The maximum absolute atomic E-state index is 12.1. The zero-order valence-corrected chi connectivity index (χ0v) is 13.7. The minimum Gasteiger partial charge on any atom is -0.395 e. The Morgan fingerprint density at radius 1 is 1.38 bits per heavy atom. The normalized spacial score (nSPS) is 11.4. The average Bonchev–Trinajstić information content (AvgIpc) is 2.46. The number of nitrogens with zero attached hydrogens (tertiary/aromatic N) is 3. The van der Waals surface area contributed by atoms with E-state index in [4.69, 9.17) is 5.11 Å². The molecule has 0 bridgehead atoms. The number of rotatable bonds is 7. The van der Waals surface area contributed by atoms with Gasteiger partial charge in [0, 0.05) is 29.8 Å². The highest BCUT2D eigenvalue weighted by atomic mass is 79.9. The molecule has 6 heteroatoms. The third kappa shape index (κ3) is 4.36. The summed E-state index contributed by atoms with van der Waals surface area (Å²) in [5.41, 5.74) is 1.29. The van der Waals surface area contributed by atoms with E-state index in [2.05, 4.69) is 32.7 Å². The highest BCUT2D eigenvalue weighted by Crippen LogP contribution is 2.10. The summed E-state index contributed by atoms with van der Waals surface area (Å²) in [5, 5.41) is 9.14. The molecular formula is C15H20BrN3O2. The number of halogens is 1. The van der Waals surface area contributed by atoms with Crippen molar-refractivity contribution < 1.29 is 5.11 Å². The molecule has 0 aliphatic carbocycles. The van der Waals surface area contributed by atoms with Crippen molar-refractivity contribution in [2.45, 2.75) is 26.3 Å². The number of fused-ring (bicyclic) bond motifs is 1. The number of pyridine rings is 1. The Hall–Kier alpha value is -1.24.